The normalized spacial score (nSPS) is 12.2. The minimum absolute atomic E-state index is 0.350. The third kappa shape index (κ3) is 22.6. The minimum Gasteiger partial charge on any atom is -0.399 e. The Kier molecular flexibility index (Phi) is 29.0. The predicted octanol–water partition coefficient (Wildman–Crippen LogP) is 34.2. The number of hydrogen-bond donors (Lipinski definition) is 1. The van der Waals surface area contributed by atoms with Crippen LogP contribution in [-0.2, 0) is 9.31 Å². The van der Waals surface area contributed by atoms with Crippen LogP contribution in [0.2, 0.25) is 0 Å². The fraction of sp³-hybridized carbons (Fsp3) is 0.0984. The quantitative estimate of drug-likeness (QED) is 0.0911. The molecule has 0 amide bonds. The van der Waals surface area contributed by atoms with Gasteiger partial charge in [0, 0.05) is 81.4 Å². The van der Waals surface area contributed by atoms with Crippen LogP contribution in [0.25, 0.3) is 101 Å². The molecule has 18 aromatic carbocycles. The molecule has 0 unspecified atom stereocenters. The zero-order valence-electron chi connectivity index (χ0n) is 77.4. The first-order valence-electron chi connectivity index (χ1n) is 45.5. The number of aryl methyl sites for hydroxylation is 6. The summed E-state index contributed by atoms with van der Waals surface area (Å²) in [5.74, 6) is 1.86. The summed E-state index contributed by atoms with van der Waals surface area (Å²) in [4.78, 5) is 14.6. The van der Waals surface area contributed by atoms with Gasteiger partial charge in [-0.2, -0.15) is 0 Å². The van der Waals surface area contributed by atoms with Crippen molar-refractivity contribution in [3.05, 3.63) is 496 Å². The van der Waals surface area contributed by atoms with Crippen LogP contribution in [0.4, 0.5) is 45.5 Å². The van der Waals surface area contributed by atoms with Gasteiger partial charge in [0.15, 0.2) is 0 Å². The van der Waals surface area contributed by atoms with Crippen molar-refractivity contribution in [2.45, 2.75) is 80.4 Å². The van der Waals surface area contributed by atoms with Gasteiger partial charge in [-0.15, -0.1) is 0 Å². The highest BCUT2D eigenvalue weighted by Crippen LogP contribution is 2.42. The summed E-state index contributed by atoms with van der Waals surface area (Å²) in [5.41, 5.74) is 35.2. The lowest BCUT2D eigenvalue weighted by molar-refractivity contribution is 0.00578. The third-order valence-corrected chi connectivity index (χ3v) is 26.1. The number of fused-ring (bicyclic) bond motifs is 2. The van der Waals surface area contributed by atoms with Crippen LogP contribution < -0.4 is 20.6 Å². The Morgan fingerprint density at radius 3 is 0.733 bits per heavy atom. The van der Waals surface area contributed by atoms with Crippen molar-refractivity contribution in [3.8, 4) is 78.7 Å². The van der Waals surface area contributed by atoms with Crippen LogP contribution in [0.15, 0.2) is 462 Å². The number of nitrogens with zero attached hydrogens (tertiary/aromatic N) is 6. The zero-order valence-corrected chi connectivity index (χ0v) is 82.2. The molecule has 664 valence electrons. The van der Waals surface area contributed by atoms with Gasteiger partial charge in [-0.05, 0) is 301 Å². The second-order valence-electron chi connectivity index (χ2n) is 35.0. The first-order chi connectivity index (χ1) is 65.5. The van der Waals surface area contributed by atoms with E-state index in [1.54, 1.807) is 0 Å². The highest BCUT2D eigenvalue weighted by Gasteiger charge is 2.51. The van der Waals surface area contributed by atoms with Gasteiger partial charge in [0.05, 0.1) is 33.3 Å². The smallest absolute Gasteiger partial charge is 0.399 e. The Bertz CT molecular complexity index is 7100. The van der Waals surface area contributed by atoms with E-state index in [-0.39, 0.29) is 18.3 Å². The Hall–Kier alpha value is -14.3. The molecule has 0 radical (unpaired) electrons. The van der Waals surface area contributed by atoms with Crippen LogP contribution >= 0.6 is 47.8 Å². The number of benzene rings is 18. The Morgan fingerprint density at radius 2 is 0.459 bits per heavy atom. The van der Waals surface area contributed by atoms with Crippen molar-refractivity contribution >= 4 is 128 Å². The second kappa shape index (κ2) is 42.3. The van der Waals surface area contributed by atoms with Gasteiger partial charge in [0.1, 0.15) is 11.6 Å². The van der Waals surface area contributed by atoms with Crippen molar-refractivity contribution in [1.29, 1.82) is 0 Å². The molecule has 0 bridgehead atoms. The summed E-state index contributed by atoms with van der Waals surface area (Å²) in [6.07, 6.45) is 0. The van der Waals surface area contributed by atoms with E-state index in [9.17, 15) is 0 Å². The summed E-state index contributed by atoms with van der Waals surface area (Å²) >= 11 is 10.3. The molecule has 20 aromatic rings. The van der Waals surface area contributed by atoms with Gasteiger partial charge < -0.3 is 24.4 Å². The largest absolute Gasteiger partial charge is 0.494 e. The summed E-state index contributed by atoms with van der Waals surface area (Å²) < 4.78 is 20.2. The predicted molar refractivity (Wildman–Crippen MR) is 580 cm³/mol. The van der Waals surface area contributed by atoms with Gasteiger partial charge in [-0.25, -0.2) is 9.97 Å². The number of rotatable bonds is 17. The van der Waals surface area contributed by atoms with E-state index in [0.29, 0.717) is 0 Å². The summed E-state index contributed by atoms with van der Waals surface area (Å²) in [6, 6.07) is 158. The molecule has 1 N–H and O–H groups in total. The maximum Gasteiger partial charge on any atom is 0.494 e. The molecule has 1 aliphatic heterocycles. The van der Waals surface area contributed by atoms with Crippen LogP contribution in [0, 0.1) is 41.5 Å². The van der Waals surface area contributed by atoms with Crippen LogP contribution in [-0.4, -0.2) is 37.4 Å². The highest BCUT2D eigenvalue weighted by atomic mass is 79.9. The van der Waals surface area contributed by atoms with Crippen molar-refractivity contribution < 1.29 is 9.31 Å². The van der Waals surface area contributed by atoms with Crippen molar-refractivity contribution in [2.75, 3.05) is 15.1 Å². The van der Waals surface area contributed by atoms with Gasteiger partial charge in [0.2, 0.25) is 0 Å². The molecule has 2 aromatic heterocycles. The van der Waals surface area contributed by atoms with E-state index in [1.807, 2.05) is 24.3 Å². The number of anilines is 8. The molecule has 9 nitrogen and oxygen atoms in total. The third-order valence-electron chi connectivity index (χ3n) is 24.6. The molecule has 0 atom stereocenters. The Labute approximate surface area is 819 Å². The van der Waals surface area contributed by atoms with E-state index in [1.165, 1.54) is 77.9 Å². The van der Waals surface area contributed by atoms with Gasteiger partial charge in [-0.3, -0.25) is 9.13 Å². The SMILES string of the molecule is Brc1ccc(-c2ccc(Br)cc2)cc1.CC1(C)OB(c2ccc(-c3nc4ccccc4n3-c3ccccc3)cc2)OC1(C)C.Cc1ccc(N(c2ccc(C)cc2)c2ccc(-c3ccc(-c4ccc(-c5nc6ccccc6n5-c5ccccc5)cc4)cc3)cc2)cc1.Cc1ccc(N(c2ccc(C)cc2)c2ccc(-c3ccc(Br)cc3)cc2)cc1.Cc1ccc(Nc2ccc(C)cc2)cc1. The summed E-state index contributed by atoms with van der Waals surface area (Å²) in [7, 11) is -0.364. The van der Waals surface area contributed by atoms with Crippen molar-refractivity contribution in [2.24, 2.45) is 0 Å². The highest BCUT2D eigenvalue weighted by molar-refractivity contribution is 9.11. The first-order valence-corrected chi connectivity index (χ1v) is 47.9. The van der Waals surface area contributed by atoms with Crippen LogP contribution in [0.1, 0.15) is 61.1 Å². The molecular weight excluding hydrogens is 1850 g/mol. The number of imidazole rings is 2. The average molecular weight is 1950 g/mol. The monoisotopic (exact) mass is 1950 g/mol. The van der Waals surface area contributed by atoms with Gasteiger partial charge >= 0.3 is 7.12 Å². The number of halogens is 3. The molecule has 1 aliphatic rings. The molecule has 0 saturated carbocycles. The average Bonchev–Trinajstić information content (AvgIpc) is 1.63. The Morgan fingerprint density at radius 1 is 0.244 bits per heavy atom. The van der Waals surface area contributed by atoms with Crippen LogP contribution in [0.5, 0.6) is 0 Å². The molecule has 135 heavy (non-hydrogen) atoms. The first kappa shape index (κ1) is 92.6. The van der Waals surface area contributed by atoms with Gasteiger partial charge in [-0.1, -0.05) is 348 Å². The van der Waals surface area contributed by atoms with E-state index < -0.39 is 0 Å². The lowest BCUT2D eigenvalue weighted by atomic mass is 9.79. The lowest BCUT2D eigenvalue weighted by Crippen LogP contribution is -2.41. The standard InChI is InChI=1S/C45H35N3.C26H22BrN.C25H25BN2O2.C14H15N.C12H8Br2/c1-32-12-26-40(27-13-32)47(41-28-14-33(2)15-29-41)42-30-24-37(25-31-42)35-18-16-34(17-19-35)36-20-22-38(23-21-36)45-46-43-10-6-7-11-44(43)48(45)39-8-4-3-5-9-39;1-19-3-13-24(14-4-19)28(25-15-5-20(2)6-16-25)26-17-9-22(10-18-26)21-7-11-23(27)12-8-21;1-24(2)25(3,4)30-26(29-24)19-16-14-18(15-17-19)23-27-21-12-8-9-13-22(21)28(23)20-10-6-5-7-11-20;1-11-3-7-13(8-4-11)15-14-9-5-12(2)6-10-14;13-11-5-1-9(2-6-11)10-3-7-12(14)8-4-10/h3-31H,1-2H3;3-18H,1-2H3;5-17H,1-4H3;3-10,15H,1-2H3;1-8H. The van der Waals surface area contributed by atoms with E-state index in [0.717, 1.165) is 121 Å². The summed E-state index contributed by atoms with van der Waals surface area (Å²) in [6.45, 7) is 21.0. The van der Waals surface area contributed by atoms with Crippen molar-refractivity contribution in [3.63, 3.8) is 0 Å². The van der Waals surface area contributed by atoms with Crippen LogP contribution in [0.3, 0.4) is 0 Å². The van der Waals surface area contributed by atoms with E-state index >= 15 is 0 Å². The number of nitrogens with one attached hydrogen (secondary N) is 1. The summed E-state index contributed by atoms with van der Waals surface area (Å²) in [5, 5.41) is 3.36. The molecule has 13 heteroatoms. The molecule has 0 aliphatic carbocycles. The number of para-hydroxylation sites is 6. The number of aromatic nitrogens is 4. The number of hydrogen-bond acceptors (Lipinski definition) is 7. The van der Waals surface area contributed by atoms with Gasteiger partial charge in [0.25, 0.3) is 0 Å². The van der Waals surface area contributed by atoms with E-state index in [4.69, 9.17) is 19.3 Å². The second-order valence-corrected chi connectivity index (χ2v) is 37.8. The molecule has 1 fully saturated rings. The molecule has 1 saturated heterocycles. The van der Waals surface area contributed by atoms with Crippen molar-refractivity contribution in [1.82, 2.24) is 19.1 Å². The lowest BCUT2D eigenvalue weighted by Gasteiger charge is -2.32. The molecule has 21 rings (SSSR count). The molecule has 3 heterocycles. The minimum atomic E-state index is -0.364. The zero-order chi connectivity index (χ0) is 93.5. The maximum atomic E-state index is 6.19. The topological polar surface area (TPSA) is 72.6 Å². The molecular formula is C122H105BBr3N7O2. The Balaban J connectivity index is 0.000000126. The van der Waals surface area contributed by atoms with E-state index in [2.05, 4.69) is 566 Å². The fourth-order valence-electron chi connectivity index (χ4n) is 16.2. The fourth-order valence-corrected chi connectivity index (χ4v) is 17.0. The maximum absolute atomic E-state index is 6.19. The molecule has 0 spiro atoms.